The minimum absolute atomic E-state index is 0.0561. The third kappa shape index (κ3) is 4.70. The first-order chi connectivity index (χ1) is 12.6. The number of amides is 1. The maximum absolute atomic E-state index is 12.3. The summed E-state index contributed by atoms with van der Waals surface area (Å²) in [6.07, 6.45) is 3.53. The minimum atomic E-state index is -0.0561. The van der Waals surface area contributed by atoms with Crippen LogP contribution in [0.3, 0.4) is 0 Å². The predicted octanol–water partition coefficient (Wildman–Crippen LogP) is 4.21. The Bertz CT molecular complexity index is 874. The zero-order valence-electron chi connectivity index (χ0n) is 15.0. The number of hydrogen-bond acceptors (Lipinski definition) is 3. The van der Waals surface area contributed by atoms with Crippen LogP contribution in [0.5, 0.6) is 5.75 Å². The van der Waals surface area contributed by atoms with Crippen molar-refractivity contribution >= 4 is 5.91 Å². The Morgan fingerprint density at radius 3 is 2.54 bits per heavy atom. The monoisotopic (exact) mass is 346 g/mol. The molecule has 3 aromatic rings. The predicted molar refractivity (Wildman–Crippen MR) is 102 cm³/mol. The average Bonchev–Trinajstić information content (AvgIpc) is 2.66. The van der Waals surface area contributed by atoms with Crippen molar-refractivity contribution in [2.24, 2.45) is 0 Å². The first-order valence-corrected chi connectivity index (χ1v) is 8.58. The molecule has 1 aromatic heterocycles. The number of benzene rings is 2. The Kier molecular flexibility index (Phi) is 5.64. The van der Waals surface area contributed by atoms with Crippen LogP contribution in [0.15, 0.2) is 67.0 Å². The number of carbonyl (C=O) groups excluding carboxylic acids is 1. The van der Waals surface area contributed by atoms with Gasteiger partial charge < -0.3 is 10.1 Å². The molecule has 0 aliphatic rings. The molecule has 2 aromatic carbocycles. The fourth-order valence-corrected chi connectivity index (χ4v) is 2.70. The second-order valence-electron chi connectivity index (χ2n) is 6.29. The van der Waals surface area contributed by atoms with Crippen molar-refractivity contribution in [1.82, 2.24) is 10.3 Å². The van der Waals surface area contributed by atoms with Crippen LogP contribution in [0.2, 0.25) is 0 Å². The number of aromatic nitrogens is 1. The molecule has 0 saturated carbocycles. The summed E-state index contributed by atoms with van der Waals surface area (Å²) in [6.45, 7) is 4.94. The summed E-state index contributed by atoms with van der Waals surface area (Å²) < 4.78 is 5.74. The number of rotatable bonds is 6. The van der Waals surface area contributed by atoms with E-state index in [-0.39, 0.29) is 5.91 Å². The molecule has 4 nitrogen and oxygen atoms in total. The van der Waals surface area contributed by atoms with Gasteiger partial charge in [0.15, 0.2) is 0 Å². The van der Waals surface area contributed by atoms with Gasteiger partial charge in [-0.05, 0) is 49.2 Å². The maximum atomic E-state index is 12.3. The van der Waals surface area contributed by atoms with E-state index in [4.69, 9.17) is 4.74 Å². The number of hydrogen-bond donors (Lipinski definition) is 1. The van der Waals surface area contributed by atoms with Gasteiger partial charge in [0.25, 0.3) is 5.91 Å². The number of ether oxygens (including phenoxy) is 1. The first-order valence-electron chi connectivity index (χ1n) is 8.58. The maximum Gasteiger partial charge on any atom is 0.251 e. The Labute approximate surface area is 153 Å². The van der Waals surface area contributed by atoms with E-state index in [1.54, 1.807) is 12.4 Å². The van der Waals surface area contributed by atoms with Gasteiger partial charge in [0.05, 0.1) is 0 Å². The van der Waals surface area contributed by atoms with Crippen LogP contribution in [0.25, 0.3) is 0 Å². The fourth-order valence-electron chi connectivity index (χ4n) is 2.70. The van der Waals surface area contributed by atoms with Gasteiger partial charge in [-0.2, -0.15) is 0 Å². The average molecular weight is 346 g/mol. The highest BCUT2D eigenvalue weighted by molar-refractivity contribution is 5.95. The highest BCUT2D eigenvalue weighted by Gasteiger charge is 2.08. The lowest BCUT2D eigenvalue weighted by Crippen LogP contribution is -2.23. The van der Waals surface area contributed by atoms with Crippen LogP contribution < -0.4 is 10.1 Å². The van der Waals surface area contributed by atoms with Crippen molar-refractivity contribution in [3.05, 3.63) is 94.8 Å². The molecule has 0 bridgehead atoms. The van der Waals surface area contributed by atoms with Gasteiger partial charge in [0.1, 0.15) is 12.4 Å². The highest BCUT2D eigenvalue weighted by Crippen LogP contribution is 2.15. The molecular formula is C22H22N2O2. The molecule has 0 fully saturated rings. The van der Waals surface area contributed by atoms with Crippen LogP contribution in [0.4, 0.5) is 0 Å². The van der Waals surface area contributed by atoms with E-state index in [0.717, 1.165) is 28.0 Å². The molecule has 1 N–H and O–H groups in total. The van der Waals surface area contributed by atoms with Gasteiger partial charge in [0.2, 0.25) is 0 Å². The molecule has 0 radical (unpaired) electrons. The second kappa shape index (κ2) is 8.30. The smallest absolute Gasteiger partial charge is 0.251 e. The van der Waals surface area contributed by atoms with E-state index in [0.29, 0.717) is 18.7 Å². The van der Waals surface area contributed by atoms with E-state index in [2.05, 4.69) is 10.3 Å². The molecule has 0 aliphatic heterocycles. The van der Waals surface area contributed by atoms with E-state index in [1.807, 2.05) is 68.4 Å². The third-order valence-corrected chi connectivity index (χ3v) is 4.13. The van der Waals surface area contributed by atoms with Crippen LogP contribution in [-0.4, -0.2) is 10.9 Å². The number of carbonyl (C=O) groups is 1. The fraction of sp³-hybridized carbons (Fsp3) is 0.182. The molecule has 0 spiro atoms. The van der Waals surface area contributed by atoms with Gasteiger partial charge in [-0.25, -0.2) is 0 Å². The molecule has 0 aliphatic carbocycles. The molecule has 0 saturated heterocycles. The summed E-state index contributed by atoms with van der Waals surface area (Å²) in [7, 11) is 0. The lowest BCUT2D eigenvalue weighted by Gasteiger charge is -2.10. The Balaban J connectivity index is 1.53. The zero-order chi connectivity index (χ0) is 18.4. The minimum Gasteiger partial charge on any atom is -0.489 e. The van der Waals surface area contributed by atoms with Gasteiger partial charge in [-0.3, -0.25) is 9.78 Å². The number of aryl methyl sites for hydroxylation is 2. The van der Waals surface area contributed by atoms with Crippen LogP contribution in [-0.2, 0) is 13.2 Å². The van der Waals surface area contributed by atoms with Crippen LogP contribution in [0.1, 0.15) is 32.6 Å². The largest absolute Gasteiger partial charge is 0.489 e. The highest BCUT2D eigenvalue weighted by atomic mass is 16.5. The summed E-state index contributed by atoms with van der Waals surface area (Å²) >= 11 is 0. The standard InChI is InChI=1S/C22H22N2O2/c1-16-5-10-21(17(2)12-16)22(25)24-14-18-6-8-20(9-7-18)26-15-19-4-3-11-23-13-19/h3-13H,14-15H2,1-2H3,(H,24,25). The number of nitrogens with zero attached hydrogens (tertiary/aromatic N) is 1. The van der Waals surface area contributed by atoms with Crippen molar-refractivity contribution in [2.45, 2.75) is 27.0 Å². The summed E-state index contributed by atoms with van der Waals surface area (Å²) in [6, 6.07) is 17.4. The van der Waals surface area contributed by atoms with Crippen molar-refractivity contribution in [1.29, 1.82) is 0 Å². The normalized spacial score (nSPS) is 10.4. The molecular weight excluding hydrogens is 324 g/mol. The number of nitrogens with one attached hydrogen (secondary N) is 1. The Morgan fingerprint density at radius 2 is 1.85 bits per heavy atom. The SMILES string of the molecule is Cc1ccc(C(=O)NCc2ccc(OCc3cccnc3)cc2)c(C)c1. The molecule has 132 valence electrons. The molecule has 1 amide bonds. The van der Waals surface area contributed by atoms with Gasteiger partial charge in [0, 0.05) is 30.1 Å². The van der Waals surface area contributed by atoms with E-state index >= 15 is 0 Å². The van der Waals surface area contributed by atoms with Crippen molar-refractivity contribution in [3.63, 3.8) is 0 Å². The summed E-state index contributed by atoms with van der Waals surface area (Å²) in [4.78, 5) is 16.4. The second-order valence-corrected chi connectivity index (χ2v) is 6.29. The van der Waals surface area contributed by atoms with Gasteiger partial charge in [-0.1, -0.05) is 35.9 Å². The van der Waals surface area contributed by atoms with Crippen molar-refractivity contribution in [2.75, 3.05) is 0 Å². The Hall–Kier alpha value is -3.14. The molecule has 0 unspecified atom stereocenters. The van der Waals surface area contributed by atoms with Crippen molar-refractivity contribution < 1.29 is 9.53 Å². The topological polar surface area (TPSA) is 51.2 Å². The van der Waals surface area contributed by atoms with Crippen LogP contribution in [0, 0.1) is 13.8 Å². The van der Waals surface area contributed by atoms with Gasteiger partial charge >= 0.3 is 0 Å². The Morgan fingerprint density at radius 1 is 1.04 bits per heavy atom. The zero-order valence-corrected chi connectivity index (χ0v) is 15.0. The lowest BCUT2D eigenvalue weighted by molar-refractivity contribution is 0.0950. The quantitative estimate of drug-likeness (QED) is 0.727. The molecule has 4 heteroatoms. The summed E-state index contributed by atoms with van der Waals surface area (Å²) in [5.41, 5.74) is 4.91. The third-order valence-electron chi connectivity index (χ3n) is 4.13. The molecule has 3 rings (SSSR count). The van der Waals surface area contributed by atoms with Crippen molar-refractivity contribution in [3.8, 4) is 5.75 Å². The first kappa shape index (κ1) is 17.7. The van der Waals surface area contributed by atoms with Gasteiger partial charge in [-0.15, -0.1) is 0 Å². The van der Waals surface area contributed by atoms with Crippen LogP contribution >= 0.6 is 0 Å². The molecule has 0 atom stereocenters. The lowest BCUT2D eigenvalue weighted by atomic mass is 10.1. The van der Waals surface area contributed by atoms with E-state index < -0.39 is 0 Å². The molecule has 1 heterocycles. The molecule has 26 heavy (non-hydrogen) atoms. The summed E-state index contributed by atoms with van der Waals surface area (Å²) in [5, 5.41) is 2.96. The van der Waals surface area contributed by atoms with E-state index in [9.17, 15) is 4.79 Å². The summed E-state index contributed by atoms with van der Waals surface area (Å²) in [5.74, 6) is 0.734. The number of pyridine rings is 1. The van der Waals surface area contributed by atoms with E-state index in [1.165, 1.54) is 0 Å².